The molecule has 0 saturated carbocycles. The van der Waals surface area contributed by atoms with Crippen molar-refractivity contribution in [2.75, 3.05) is 18.2 Å². The Balaban J connectivity index is 1.94. The molecule has 0 fully saturated rings. The summed E-state index contributed by atoms with van der Waals surface area (Å²) in [5.74, 6) is -0.596. The van der Waals surface area contributed by atoms with Gasteiger partial charge < -0.3 is 10.1 Å². The second-order valence-corrected chi connectivity index (χ2v) is 5.18. The minimum Gasteiger partial charge on any atom is -0.494 e. The molecule has 21 heavy (non-hydrogen) atoms. The summed E-state index contributed by atoms with van der Waals surface area (Å²) in [6.07, 6.45) is 0. The number of anilines is 1. The van der Waals surface area contributed by atoms with Crippen molar-refractivity contribution in [3.05, 3.63) is 54.1 Å². The van der Waals surface area contributed by atoms with E-state index in [1.807, 2.05) is 0 Å². The maximum absolute atomic E-state index is 13.0. The quantitative estimate of drug-likeness (QED) is 0.856. The molecule has 0 unspecified atom stereocenters. The van der Waals surface area contributed by atoms with Crippen LogP contribution in [0.4, 0.5) is 14.5 Å². The molecule has 0 aromatic heterocycles. The Kier molecular flexibility index (Phi) is 5.16. The highest BCUT2D eigenvalue weighted by Gasteiger charge is 2.09. The van der Waals surface area contributed by atoms with Crippen molar-refractivity contribution in [3.63, 3.8) is 0 Å². The van der Waals surface area contributed by atoms with Crippen LogP contribution in [0.1, 0.15) is 0 Å². The molecule has 2 aromatic carbocycles. The molecule has 1 N–H and O–H groups in total. The Morgan fingerprint density at radius 1 is 1.14 bits per heavy atom. The monoisotopic (exact) mass is 309 g/mol. The summed E-state index contributed by atoms with van der Waals surface area (Å²) < 4.78 is 30.8. The van der Waals surface area contributed by atoms with E-state index in [1.165, 1.54) is 49.2 Å². The topological polar surface area (TPSA) is 38.3 Å². The van der Waals surface area contributed by atoms with Gasteiger partial charge in [-0.15, -0.1) is 11.8 Å². The van der Waals surface area contributed by atoms with Crippen molar-refractivity contribution < 1.29 is 18.3 Å². The average Bonchev–Trinajstić information content (AvgIpc) is 2.48. The number of carbonyl (C=O) groups is 1. The third-order valence-corrected chi connectivity index (χ3v) is 3.63. The van der Waals surface area contributed by atoms with E-state index in [4.69, 9.17) is 4.74 Å². The summed E-state index contributed by atoms with van der Waals surface area (Å²) in [5, 5.41) is 2.64. The van der Waals surface area contributed by atoms with Gasteiger partial charge in [-0.05, 0) is 36.4 Å². The van der Waals surface area contributed by atoms with Crippen LogP contribution in [0.3, 0.4) is 0 Å². The van der Waals surface area contributed by atoms with Gasteiger partial charge in [0.2, 0.25) is 5.91 Å². The van der Waals surface area contributed by atoms with Gasteiger partial charge >= 0.3 is 0 Å². The van der Waals surface area contributed by atoms with Crippen LogP contribution in [0.25, 0.3) is 0 Å². The number of thioether (sulfide) groups is 1. The van der Waals surface area contributed by atoms with Gasteiger partial charge in [-0.25, -0.2) is 8.78 Å². The summed E-state index contributed by atoms with van der Waals surface area (Å²) in [7, 11) is 1.40. The van der Waals surface area contributed by atoms with Crippen LogP contribution in [-0.4, -0.2) is 18.8 Å². The molecular formula is C15H13F2NO2S. The highest BCUT2D eigenvalue weighted by molar-refractivity contribution is 8.00. The van der Waals surface area contributed by atoms with Gasteiger partial charge in [0.1, 0.15) is 17.4 Å². The standard InChI is InChI=1S/C15H13F2NO2S/c1-20-14-8-11(17)4-7-13(14)18-15(19)9-21-12-5-2-10(16)3-6-12/h2-8H,9H2,1H3,(H,18,19). The number of halogens is 2. The van der Waals surface area contributed by atoms with E-state index in [-0.39, 0.29) is 23.2 Å². The normalized spacial score (nSPS) is 10.2. The summed E-state index contributed by atoms with van der Waals surface area (Å²) in [6.45, 7) is 0. The number of hydrogen-bond donors (Lipinski definition) is 1. The molecule has 2 aromatic rings. The molecule has 0 aliphatic rings. The molecule has 0 radical (unpaired) electrons. The lowest BCUT2D eigenvalue weighted by molar-refractivity contribution is -0.113. The van der Waals surface area contributed by atoms with Crippen LogP contribution in [0, 0.1) is 11.6 Å². The number of hydrogen-bond acceptors (Lipinski definition) is 3. The Hall–Kier alpha value is -2.08. The van der Waals surface area contributed by atoms with Crippen molar-refractivity contribution in [2.45, 2.75) is 4.90 Å². The van der Waals surface area contributed by atoms with Crippen LogP contribution in [0.2, 0.25) is 0 Å². The molecule has 2 rings (SSSR count). The number of rotatable bonds is 5. The van der Waals surface area contributed by atoms with E-state index >= 15 is 0 Å². The number of nitrogens with one attached hydrogen (secondary N) is 1. The highest BCUT2D eigenvalue weighted by Crippen LogP contribution is 2.25. The van der Waals surface area contributed by atoms with Gasteiger partial charge in [0, 0.05) is 11.0 Å². The molecule has 3 nitrogen and oxygen atoms in total. The Morgan fingerprint density at radius 3 is 2.48 bits per heavy atom. The minimum atomic E-state index is -0.439. The average molecular weight is 309 g/mol. The van der Waals surface area contributed by atoms with Crippen LogP contribution < -0.4 is 10.1 Å². The lowest BCUT2D eigenvalue weighted by Gasteiger charge is -2.10. The minimum absolute atomic E-state index is 0.159. The Labute approximate surface area is 125 Å². The largest absolute Gasteiger partial charge is 0.494 e. The van der Waals surface area contributed by atoms with Gasteiger partial charge in [0.25, 0.3) is 0 Å². The smallest absolute Gasteiger partial charge is 0.234 e. The van der Waals surface area contributed by atoms with Crippen molar-refractivity contribution in [2.24, 2.45) is 0 Å². The second-order valence-electron chi connectivity index (χ2n) is 4.14. The number of amides is 1. The number of benzene rings is 2. The fraction of sp³-hybridized carbons (Fsp3) is 0.133. The SMILES string of the molecule is COc1cc(F)ccc1NC(=O)CSc1ccc(F)cc1. The van der Waals surface area contributed by atoms with Gasteiger partial charge in [0.05, 0.1) is 18.6 Å². The van der Waals surface area contributed by atoms with Crippen LogP contribution in [0.15, 0.2) is 47.4 Å². The maximum Gasteiger partial charge on any atom is 0.234 e. The van der Waals surface area contributed by atoms with Crippen molar-refractivity contribution in [1.29, 1.82) is 0 Å². The van der Waals surface area contributed by atoms with E-state index in [1.54, 1.807) is 12.1 Å². The lowest BCUT2D eigenvalue weighted by atomic mass is 10.3. The molecule has 0 aliphatic carbocycles. The van der Waals surface area contributed by atoms with Crippen molar-refractivity contribution >= 4 is 23.4 Å². The number of ether oxygens (including phenoxy) is 1. The molecule has 0 atom stereocenters. The molecule has 1 amide bonds. The van der Waals surface area contributed by atoms with Gasteiger partial charge in [-0.3, -0.25) is 4.79 Å². The van der Waals surface area contributed by atoms with E-state index < -0.39 is 5.82 Å². The van der Waals surface area contributed by atoms with Crippen LogP contribution in [0.5, 0.6) is 5.75 Å². The molecule has 110 valence electrons. The molecule has 6 heteroatoms. The first-order valence-corrected chi connectivity index (χ1v) is 7.09. The van der Waals surface area contributed by atoms with Crippen LogP contribution in [-0.2, 0) is 4.79 Å². The zero-order chi connectivity index (χ0) is 15.2. The Morgan fingerprint density at radius 2 is 1.81 bits per heavy atom. The molecular weight excluding hydrogens is 296 g/mol. The Bertz CT molecular complexity index is 632. The van der Waals surface area contributed by atoms with Gasteiger partial charge in [-0.2, -0.15) is 0 Å². The summed E-state index contributed by atoms with van der Waals surface area (Å²) in [5.41, 5.74) is 0.406. The van der Waals surface area contributed by atoms with Crippen LogP contribution >= 0.6 is 11.8 Å². The molecule has 0 bridgehead atoms. The van der Waals surface area contributed by atoms with E-state index in [0.717, 1.165) is 4.90 Å². The number of carbonyl (C=O) groups excluding carboxylic acids is 1. The summed E-state index contributed by atoms with van der Waals surface area (Å²) in [4.78, 5) is 12.6. The van der Waals surface area contributed by atoms with Crippen molar-refractivity contribution in [1.82, 2.24) is 0 Å². The van der Waals surface area contributed by atoms with E-state index in [0.29, 0.717) is 5.69 Å². The first kappa shape index (κ1) is 15.3. The third kappa shape index (κ3) is 4.46. The van der Waals surface area contributed by atoms with E-state index in [2.05, 4.69) is 5.32 Å². The fourth-order valence-electron chi connectivity index (χ4n) is 1.63. The predicted molar refractivity (Wildman–Crippen MR) is 78.7 cm³/mol. The first-order valence-electron chi connectivity index (χ1n) is 6.10. The molecule has 0 spiro atoms. The summed E-state index contributed by atoms with van der Waals surface area (Å²) in [6, 6.07) is 9.76. The summed E-state index contributed by atoms with van der Waals surface area (Å²) >= 11 is 1.28. The zero-order valence-electron chi connectivity index (χ0n) is 11.2. The van der Waals surface area contributed by atoms with Gasteiger partial charge in [0.15, 0.2) is 0 Å². The highest BCUT2D eigenvalue weighted by atomic mass is 32.2. The third-order valence-electron chi connectivity index (χ3n) is 2.62. The number of methoxy groups -OCH3 is 1. The second kappa shape index (κ2) is 7.08. The molecule has 0 heterocycles. The predicted octanol–water partition coefficient (Wildman–Crippen LogP) is 3.70. The van der Waals surface area contributed by atoms with Gasteiger partial charge in [-0.1, -0.05) is 0 Å². The zero-order valence-corrected chi connectivity index (χ0v) is 12.0. The van der Waals surface area contributed by atoms with Crippen molar-refractivity contribution in [3.8, 4) is 5.75 Å². The molecule has 0 saturated heterocycles. The lowest BCUT2D eigenvalue weighted by Crippen LogP contribution is -2.14. The fourth-order valence-corrected chi connectivity index (χ4v) is 2.33. The maximum atomic E-state index is 13.0. The van der Waals surface area contributed by atoms with E-state index in [9.17, 15) is 13.6 Å². The first-order chi connectivity index (χ1) is 10.1. The molecule has 0 aliphatic heterocycles.